The molecule has 0 atom stereocenters. The van der Waals surface area contributed by atoms with E-state index in [9.17, 15) is 14.0 Å². The summed E-state index contributed by atoms with van der Waals surface area (Å²) in [5.74, 6) is -0.175. The number of halogens is 1. The van der Waals surface area contributed by atoms with Gasteiger partial charge in [-0.15, -0.1) is 0 Å². The number of carbonyl (C=O) groups excluding carboxylic acids is 2. The number of hydrogen-bond donors (Lipinski definition) is 1. The zero-order valence-corrected chi connectivity index (χ0v) is 19.3. The number of pyridine rings is 1. The standard InChI is InChI=1S/C25H28FN5O2/c1-15(2)24(32)28-21-13-18(9-10-27-21)22-20-14-30(25(33)16(3)4)11-12-31(20)29-23(22)17-5-7-19(26)8-6-17/h5-10,13,15-16H,11-12,14H2,1-4H3,(H,27,28,32). The van der Waals surface area contributed by atoms with Gasteiger partial charge in [-0.3, -0.25) is 14.3 Å². The summed E-state index contributed by atoms with van der Waals surface area (Å²) in [6, 6.07) is 9.90. The van der Waals surface area contributed by atoms with E-state index in [1.165, 1.54) is 12.1 Å². The average molecular weight is 450 g/mol. The number of anilines is 1. The Hall–Kier alpha value is -3.55. The van der Waals surface area contributed by atoms with Crippen LogP contribution in [-0.2, 0) is 22.7 Å². The molecule has 1 aromatic carbocycles. The summed E-state index contributed by atoms with van der Waals surface area (Å²) in [5, 5.41) is 7.67. The Morgan fingerprint density at radius 2 is 1.73 bits per heavy atom. The Morgan fingerprint density at radius 3 is 2.39 bits per heavy atom. The predicted octanol–water partition coefficient (Wildman–Crippen LogP) is 4.34. The number of benzene rings is 1. The van der Waals surface area contributed by atoms with E-state index >= 15 is 0 Å². The Balaban J connectivity index is 1.82. The van der Waals surface area contributed by atoms with Crippen LogP contribution in [0.1, 0.15) is 33.4 Å². The molecule has 0 fully saturated rings. The topological polar surface area (TPSA) is 80.1 Å². The first-order valence-corrected chi connectivity index (χ1v) is 11.2. The van der Waals surface area contributed by atoms with Crippen molar-refractivity contribution in [3.8, 4) is 22.4 Å². The molecule has 3 heterocycles. The van der Waals surface area contributed by atoms with Crippen molar-refractivity contribution in [2.24, 2.45) is 11.8 Å². The quantitative estimate of drug-likeness (QED) is 0.628. The average Bonchev–Trinajstić information content (AvgIpc) is 3.17. The maximum absolute atomic E-state index is 13.6. The van der Waals surface area contributed by atoms with Gasteiger partial charge in [0.25, 0.3) is 0 Å². The Bertz CT molecular complexity index is 1180. The fraction of sp³-hybridized carbons (Fsp3) is 0.360. The second-order valence-corrected chi connectivity index (χ2v) is 8.89. The van der Waals surface area contributed by atoms with E-state index in [1.807, 2.05) is 49.4 Å². The Morgan fingerprint density at radius 1 is 1.00 bits per heavy atom. The van der Waals surface area contributed by atoms with Gasteiger partial charge in [0.05, 0.1) is 18.8 Å². The first-order chi connectivity index (χ1) is 15.7. The maximum Gasteiger partial charge on any atom is 0.228 e. The summed E-state index contributed by atoms with van der Waals surface area (Å²) in [4.78, 5) is 31.0. The highest BCUT2D eigenvalue weighted by Crippen LogP contribution is 2.37. The first-order valence-electron chi connectivity index (χ1n) is 11.2. The number of carbonyl (C=O) groups is 2. The highest BCUT2D eigenvalue weighted by atomic mass is 19.1. The van der Waals surface area contributed by atoms with Gasteiger partial charge >= 0.3 is 0 Å². The molecule has 2 amide bonds. The molecular formula is C25H28FN5O2. The van der Waals surface area contributed by atoms with E-state index < -0.39 is 0 Å². The number of rotatable bonds is 5. The molecule has 8 heteroatoms. The van der Waals surface area contributed by atoms with Crippen molar-refractivity contribution >= 4 is 17.6 Å². The van der Waals surface area contributed by atoms with E-state index in [0.29, 0.717) is 31.1 Å². The number of hydrogen-bond acceptors (Lipinski definition) is 4. The van der Waals surface area contributed by atoms with E-state index in [0.717, 1.165) is 22.4 Å². The van der Waals surface area contributed by atoms with Crippen LogP contribution in [0.2, 0.25) is 0 Å². The zero-order chi connectivity index (χ0) is 23.7. The molecule has 0 aliphatic carbocycles. The summed E-state index contributed by atoms with van der Waals surface area (Å²) in [5.41, 5.74) is 4.06. The van der Waals surface area contributed by atoms with Crippen LogP contribution in [0.5, 0.6) is 0 Å². The highest BCUT2D eigenvalue weighted by molar-refractivity contribution is 5.92. The van der Waals surface area contributed by atoms with Crippen LogP contribution >= 0.6 is 0 Å². The van der Waals surface area contributed by atoms with Gasteiger partial charge in [0.2, 0.25) is 11.8 Å². The Labute approximate surface area is 192 Å². The molecule has 0 radical (unpaired) electrons. The highest BCUT2D eigenvalue weighted by Gasteiger charge is 2.29. The van der Waals surface area contributed by atoms with Crippen LogP contribution < -0.4 is 5.32 Å². The molecule has 0 bridgehead atoms. The van der Waals surface area contributed by atoms with Crippen LogP contribution in [-0.4, -0.2) is 38.0 Å². The smallest absolute Gasteiger partial charge is 0.228 e. The molecule has 33 heavy (non-hydrogen) atoms. The predicted molar refractivity (Wildman–Crippen MR) is 125 cm³/mol. The van der Waals surface area contributed by atoms with Crippen LogP contribution in [0.4, 0.5) is 10.2 Å². The van der Waals surface area contributed by atoms with E-state index in [2.05, 4.69) is 10.3 Å². The summed E-state index contributed by atoms with van der Waals surface area (Å²) < 4.78 is 15.5. The molecular weight excluding hydrogens is 421 g/mol. The van der Waals surface area contributed by atoms with Gasteiger partial charge in [-0.05, 0) is 42.0 Å². The fourth-order valence-corrected chi connectivity index (χ4v) is 3.91. The van der Waals surface area contributed by atoms with Crippen molar-refractivity contribution in [3.63, 3.8) is 0 Å². The molecule has 7 nitrogen and oxygen atoms in total. The summed E-state index contributed by atoms with van der Waals surface area (Å²) in [7, 11) is 0. The summed E-state index contributed by atoms with van der Waals surface area (Å²) >= 11 is 0. The maximum atomic E-state index is 13.6. The van der Waals surface area contributed by atoms with Crippen molar-refractivity contribution in [1.82, 2.24) is 19.7 Å². The minimum absolute atomic E-state index is 0.0938. The van der Waals surface area contributed by atoms with Crippen molar-refractivity contribution in [3.05, 3.63) is 54.1 Å². The van der Waals surface area contributed by atoms with Crippen LogP contribution in [0.25, 0.3) is 22.4 Å². The lowest BCUT2D eigenvalue weighted by Crippen LogP contribution is -2.40. The molecule has 2 aromatic heterocycles. The number of fused-ring (bicyclic) bond motifs is 1. The number of nitrogens with one attached hydrogen (secondary N) is 1. The van der Waals surface area contributed by atoms with Crippen LogP contribution in [0.3, 0.4) is 0 Å². The monoisotopic (exact) mass is 449 g/mol. The van der Waals surface area contributed by atoms with Gasteiger partial charge in [-0.25, -0.2) is 9.37 Å². The third-order valence-electron chi connectivity index (χ3n) is 5.73. The summed E-state index contributed by atoms with van der Waals surface area (Å²) in [6.07, 6.45) is 1.64. The van der Waals surface area contributed by atoms with Crippen molar-refractivity contribution in [1.29, 1.82) is 0 Å². The third kappa shape index (κ3) is 4.65. The van der Waals surface area contributed by atoms with Crippen LogP contribution in [0.15, 0.2) is 42.6 Å². The van der Waals surface area contributed by atoms with Crippen LogP contribution in [0, 0.1) is 17.7 Å². The van der Waals surface area contributed by atoms with E-state index in [-0.39, 0.29) is 29.5 Å². The van der Waals surface area contributed by atoms with Gasteiger partial charge in [0, 0.05) is 35.7 Å². The first kappa shape index (κ1) is 22.6. The SMILES string of the molecule is CC(C)C(=O)Nc1cc(-c2c(-c3ccc(F)cc3)nn3c2CN(C(=O)C(C)C)CC3)ccn1. The third-order valence-corrected chi connectivity index (χ3v) is 5.73. The molecule has 172 valence electrons. The molecule has 4 rings (SSSR count). The van der Waals surface area contributed by atoms with Crippen molar-refractivity contribution in [2.45, 2.75) is 40.8 Å². The minimum atomic E-state index is -0.319. The summed E-state index contributed by atoms with van der Waals surface area (Å²) in [6.45, 7) is 9.01. The normalized spacial score (nSPS) is 13.4. The Kier molecular flexibility index (Phi) is 6.26. The van der Waals surface area contributed by atoms with Gasteiger partial charge in [0.1, 0.15) is 17.3 Å². The van der Waals surface area contributed by atoms with E-state index in [4.69, 9.17) is 5.10 Å². The van der Waals surface area contributed by atoms with Gasteiger partial charge in [-0.1, -0.05) is 27.7 Å². The molecule has 0 unspecified atom stereocenters. The van der Waals surface area contributed by atoms with Crippen molar-refractivity contribution in [2.75, 3.05) is 11.9 Å². The van der Waals surface area contributed by atoms with Crippen molar-refractivity contribution < 1.29 is 14.0 Å². The molecule has 1 N–H and O–H groups in total. The number of amides is 2. The lowest BCUT2D eigenvalue weighted by Gasteiger charge is -2.29. The molecule has 3 aromatic rings. The molecule has 0 saturated carbocycles. The minimum Gasteiger partial charge on any atom is -0.335 e. The lowest BCUT2D eigenvalue weighted by atomic mass is 9.98. The van der Waals surface area contributed by atoms with Gasteiger partial charge in [-0.2, -0.15) is 5.10 Å². The zero-order valence-electron chi connectivity index (χ0n) is 19.3. The second kappa shape index (κ2) is 9.13. The second-order valence-electron chi connectivity index (χ2n) is 8.89. The molecule has 0 spiro atoms. The lowest BCUT2D eigenvalue weighted by molar-refractivity contribution is -0.136. The fourth-order valence-electron chi connectivity index (χ4n) is 3.91. The largest absolute Gasteiger partial charge is 0.335 e. The number of aromatic nitrogens is 3. The van der Waals surface area contributed by atoms with Gasteiger partial charge in [0.15, 0.2) is 0 Å². The van der Waals surface area contributed by atoms with E-state index in [1.54, 1.807) is 18.3 Å². The molecule has 0 saturated heterocycles. The van der Waals surface area contributed by atoms with Gasteiger partial charge < -0.3 is 10.2 Å². The number of nitrogens with zero attached hydrogens (tertiary/aromatic N) is 4. The molecule has 1 aliphatic rings. The molecule has 1 aliphatic heterocycles.